The molecule has 1 atom stereocenters. The van der Waals surface area contributed by atoms with Gasteiger partial charge in [0.1, 0.15) is 6.42 Å². The molecule has 0 spiro atoms. The molecule has 3 nitrogen and oxygen atoms in total. The molecule has 1 aliphatic heterocycles. The Bertz CT molecular complexity index is 250. The van der Waals surface area contributed by atoms with E-state index in [1.165, 1.54) is 4.90 Å². The summed E-state index contributed by atoms with van der Waals surface area (Å²) in [7, 11) is 0. The van der Waals surface area contributed by atoms with E-state index < -0.39 is 12.3 Å². The number of hydrogen-bond donors (Lipinski definition) is 0. The minimum Gasteiger partial charge on any atom is -0.341 e. The van der Waals surface area contributed by atoms with Gasteiger partial charge in [-0.1, -0.05) is 0 Å². The largest absolute Gasteiger partial charge is 0.341 e. The first-order valence-corrected chi connectivity index (χ1v) is 4.58. The van der Waals surface area contributed by atoms with Crippen molar-refractivity contribution in [1.29, 1.82) is 5.26 Å². The Labute approximate surface area is 81.3 Å². The van der Waals surface area contributed by atoms with Crippen LogP contribution in [0.3, 0.4) is 0 Å². The average Bonchev–Trinajstić information content (AvgIpc) is 2.18. The molecule has 0 unspecified atom stereocenters. The molecule has 78 valence electrons. The molecule has 1 fully saturated rings. The number of carbonyl (C=O) groups is 1. The zero-order valence-corrected chi connectivity index (χ0v) is 7.75. The van der Waals surface area contributed by atoms with Crippen molar-refractivity contribution in [3.63, 3.8) is 0 Å². The number of piperidine rings is 1. The van der Waals surface area contributed by atoms with Crippen LogP contribution in [-0.4, -0.2) is 30.3 Å². The molecular weight excluding hydrogens is 190 g/mol. The van der Waals surface area contributed by atoms with Crippen molar-refractivity contribution >= 4 is 5.91 Å². The van der Waals surface area contributed by atoms with Crippen molar-refractivity contribution in [3.8, 4) is 6.07 Å². The van der Waals surface area contributed by atoms with Gasteiger partial charge in [-0.05, 0) is 12.8 Å². The van der Waals surface area contributed by atoms with Crippen molar-refractivity contribution in [2.45, 2.75) is 25.7 Å². The number of alkyl halides is 2. The quantitative estimate of drug-likeness (QED) is 0.679. The lowest BCUT2D eigenvalue weighted by molar-refractivity contribution is -0.133. The number of nitrogens with zero attached hydrogens (tertiary/aromatic N) is 2. The normalized spacial score (nSPS) is 22.1. The molecule has 0 aliphatic carbocycles. The smallest absolute Gasteiger partial charge is 0.243 e. The van der Waals surface area contributed by atoms with E-state index in [9.17, 15) is 13.6 Å². The third-order valence-electron chi connectivity index (χ3n) is 2.40. The molecule has 1 rings (SSSR count). The Morgan fingerprint density at radius 2 is 2.36 bits per heavy atom. The van der Waals surface area contributed by atoms with Crippen LogP contribution in [0.4, 0.5) is 8.78 Å². The van der Waals surface area contributed by atoms with Gasteiger partial charge in [0.2, 0.25) is 12.3 Å². The zero-order valence-electron chi connectivity index (χ0n) is 7.75. The van der Waals surface area contributed by atoms with Crippen molar-refractivity contribution in [3.05, 3.63) is 0 Å². The molecule has 0 aromatic carbocycles. The summed E-state index contributed by atoms with van der Waals surface area (Å²) in [5.41, 5.74) is 0. The molecule has 0 aromatic heterocycles. The molecule has 0 aromatic rings. The monoisotopic (exact) mass is 202 g/mol. The summed E-state index contributed by atoms with van der Waals surface area (Å²) in [6, 6.07) is 1.73. The van der Waals surface area contributed by atoms with Crippen LogP contribution in [0, 0.1) is 17.2 Å². The van der Waals surface area contributed by atoms with Gasteiger partial charge in [0.25, 0.3) is 0 Å². The Morgan fingerprint density at radius 3 is 2.93 bits per heavy atom. The fourth-order valence-electron chi connectivity index (χ4n) is 1.62. The van der Waals surface area contributed by atoms with Crippen molar-refractivity contribution in [1.82, 2.24) is 4.90 Å². The standard InChI is InChI=1S/C9H12F2N2O/c10-9(11)7-2-1-5-13(6-7)8(14)3-4-12/h7,9H,1-3,5-6H2/t7-/m1/s1. The van der Waals surface area contributed by atoms with Gasteiger partial charge in [-0.3, -0.25) is 4.79 Å². The maximum atomic E-state index is 12.3. The molecule has 0 N–H and O–H groups in total. The fourth-order valence-corrected chi connectivity index (χ4v) is 1.62. The van der Waals surface area contributed by atoms with E-state index in [2.05, 4.69) is 0 Å². The number of carbonyl (C=O) groups excluding carboxylic acids is 1. The van der Waals surface area contributed by atoms with E-state index in [4.69, 9.17) is 5.26 Å². The second-order valence-electron chi connectivity index (χ2n) is 3.41. The summed E-state index contributed by atoms with van der Waals surface area (Å²) in [5.74, 6) is -1.05. The van der Waals surface area contributed by atoms with Crippen LogP contribution in [-0.2, 0) is 4.79 Å². The molecule has 0 radical (unpaired) electrons. The summed E-state index contributed by atoms with van der Waals surface area (Å²) in [4.78, 5) is 12.6. The molecule has 0 bridgehead atoms. The van der Waals surface area contributed by atoms with Crippen molar-refractivity contribution in [2.24, 2.45) is 5.92 Å². The van der Waals surface area contributed by atoms with Gasteiger partial charge in [0.15, 0.2) is 0 Å². The molecule has 1 saturated heterocycles. The molecule has 5 heteroatoms. The second-order valence-corrected chi connectivity index (χ2v) is 3.41. The summed E-state index contributed by atoms with van der Waals surface area (Å²) >= 11 is 0. The lowest BCUT2D eigenvalue weighted by Gasteiger charge is -2.31. The number of hydrogen-bond acceptors (Lipinski definition) is 2. The van der Waals surface area contributed by atoms with Gasteiger partial charge >= 0.3 is 0 Å². The van der Waals surface area contributed by atoms with E-state index in [0.717, 1.165) is 0 Å². The van der Waals surface area contributed by atoms with Crippen LogP contribution < -0.4 is 0 Å². The first-order chi connectivity index (χ1) is 6.65. The van der Waals surface area contributed by atoms with Crippen LogP contribution in [0.5, 0.6) is 0 Å². The molecule has 14 heavy (non-hydrogen) atoms. The maximum absolute atomic E-state index is 12.3. The molecule has 1 amide bonds. The molecule has 1 aliphatic rings. The van der Waals surface area contributed by atoms with E-state index >= 15 is 0 Å². The highest BCUT2D eigenvalue weighted by Crippen LogP contribution is 2.22. The highest BCUT2D eigenvalue weighted by molar-refractivity contribution is 5.78. The third kappa shape index (κ3) is 2.66. The number of nitriles is 1. The fraction of sp³-hybridized carbons (Fsp3) is 0.778. The summed E-state index contributed by atoms with van der Waals surface area (Å²) in [5, 5.41) is 8.30. The first kappa shape index (κ1) is 10.9. The van der Waals surface area contributed by atoms with Crippen LogP contribution in [0.2, 0.25) is 0 Å². The van der Waals surface area contributed by atoms with Gasteiger partial charge < -0.3 is 4.90 Å². The minimum atomic E-state index is -2.37. The lowest BCUT2D eigenvalue weighted by atomic mass is 9.98. The summed E-state index contributed by atoms with van der Waals surface area (Å²) in [6.07, 6.45) is -1.51. The summed E-state index contributed by atoms with van der Waals surface area (Å²) in [6.45, 7) is 0.599. The Morgan fingerprint density at radius 1 is 1.64 bits per heavy atom. The SMILES string of the molecule is N#CCC(=O)N1CCC[C@@H](C(F)F)C1. The van der Waals surface area contributed by atoms with Gasteiger partial charge in [-0.2, -0.15) is 5.26 Å². The van der Waals surface area contributed by atoms with Gasteiger partial charge in [-0.15, -0.1) is 0 Å². The predicted molar refractivity (Wildman–Crippen MR) is 45.5 cm³/mol. The zero-order chi connectivity index (χ0) is 10.6. The van der Waals surface area contributed by atoms with E-state index in [1.807, 2.05) is 0 Å². The van der Waals surface area contributed by atoms with Gasteiger partial charge in [0, 0.05) is 19.0 Å². The van der Waals surface area contributed by atoms with Crippen LogP contribution in [0.1, 0.15) is 19.3 Å². The summed E-state index contributed by atoms with van der Waals surface area (Å²) < 4.78 is 24.7. The van der Waals surface area contributed by atoms with Crippen LogP contribution in [0.15, 0.2) is 0 Å². The number of amides is 1. The predicted octanol–water partition coefficient (Wildman–Crippen LogP) is 1.40. The Kier molecular flexibility index (Phi) is 3.81. The average molecular weight is 202 g/mol. The van der Waals surface area contributed by atoms with Crippen molar-refractivity contribution in [2.75, 3.05) is 13.1 Å². The number of halogens is 2. The van der Waals surface area contributed by atoms with Gasteiger partial charge in [-0.25, -0.2) is 8.78 Å². The highest BCUT2D eigenvalue weighted by atomic mass is 19.3. The van der Waals surface area contributed by atoms with E-state index in [0.29, 0.717) is 19.4 Å². The molecule has 1 heterocycles. The van der Waals surface area contributed by atoms with E-state index in [-0.39, 0.29) is 18.9 Å². The first-order valence-electron chi connectivity index (χ1n) is 4.58. The molecule has 0 saturated carbocycles. The van der Waals surface area contributed by atoms with Crippen molar-refractivity contribution < 1.29 is 13.6 Å². The Balaban J connectivity index is 2.48. The van der Waals surface area contributed by atoms with Crippen LogP contribution in [0.25, 0.3) is 0 Å². The number of rotatable bonds is 2. The second kappa shape index (κ2) is 4.89. The molecular formula is C9H12F2N2O. The highest BCUT2D eigenvalue weighted by Gasteiger charge is 2.28. The minimum absolute atomic E-state index is 0.0954. The van der Waals surface area contributed by atoms with Crippen LogP contribution >= 0.6 is 0 Å². The van der Waals surface area contributed by atoms with Gasteiger partial charge in [0.05, 0.1) is 6.07 Å². The van der Waals surface area contributed by atoms with E-state index in [1.54, 1.807) is 6.07 Å². The number of likely N-dealkylation sites (tertiary alicyclic amines) is 1. The third-order valence-corrected chi connectivity index (χ3v) is 2.40. The Hall–Kier alpha value is -1.18. The maximum Gasteiger partial charge on any atom is 0.243 e. The topological polar surface area (TPSA) is 44.1 Å². The lowest BCUT2D eigenvalue weighted by Crippen LogP contribution is -2.41.